The van der Waals surface area contributed by atoms with Gasteiger partial charge in [-0.15, -0.1) is 0 Å². The van der Waals surface area contributed by atoms with Crippen LogP contribution in [0.4, 0.5) is 14.9 Å². The maximum Gasteiger partial charge on any atom is 0.324 e. The number of benzene rings is 1. The Morgan fingerprint density at radius 1 is 1.38 bits per heavy atom. The molecule has 2 rings (SSSR count). The third-order valence-electron chi connectivity index (χ3n) is 2.57. The Bertz CT molecular complexity index is 399. The highest BCUT2D eigenvalue weighted by Gasteiger charge is 2.28. The summed E-state index contributed by atoms with van der Waals surface area (Å²) in [5.41, 5.74) is 0.627. The molecule has 0 aromatic heterocycles. The summed E-state index contributed by atoms with van der Waals surface area (Å²) in [6, 6.07) is 6.07. The normalized spacial score (nSPS) is 16.0. The highest BCUT2D eigenvalue weighted by atomic mass is 79.9. The molecule has 1 saturated heterocycles. The van der Waals surface area contributed by atoms with Crippen LogP contribution in [0.3, 0.4) is 0 Å². The summed E-state index contributed by atoms with van der Waals surface area (Å²) >= 11 is 3.30. The number of nitrogens with zero attached hydrogens (tertiary/aromatic N) is 2. The van der Waals surface area contributed by atoms with Crippen LogP contribution in [0.5, 0.6) is 0 Å². The number of anilines is 1. The molecule has 0 aliphatic carbocycles. The molecule has 0 radical (unpaired) electrons. The van der Waals surface area contributed by atoms with E-state index in [0.717, 1.165) is 5.33 Å². The summed E-state index contributed by atoms with van der Waals surface area (Å²) in [6.45, 7) is 2.00. The molecule has 0 spiro atoms. The lowest BCUT2D eigenvalue weighted by Crippen LogP contribution is -2.32. The molecule has 1 aliphatic heterocycles. The highest BCUT2D eigenvalue weighted by molar-refractivity contribution is 9.09. The fraction of sp³-hybridized carbons (Fsp3) is 0.364. The SMILES string of the molecule is O=C1N(CCBr)CCN1c1cccc(F)c1. The predicted octanol–water partition coefficient (Wildman–Crippen LogP) is 2.46. The van der Waals surface area contributed by atoms with Crippen molar-refractivity contribution in [2.75, 3.05) is 29.9 Å². The fourth-order valence-electron chi connectivity index (χ4n) is 1.78. The van der Waals surface area contributed by atoms with Gasteiger partial charge in [0.15, 0.2) is 0 Å². The van der Waals surface area contributed by atoms with Gasteiger partial charge < -0.3 is 4.90 Å². The fourth-order valence-corrected chi connectivity index (χ4v) is 2.20. The minimum Gasteiger partial charge on any atom is -0.322 e. The van der Waals surface area contributed by atoms with Crippen molar-refractivity contribution >= 4 is 27.6 Å². The van der Waals surface area contributed by atoms with Crippen molar-refractivity contribution in [3.8, 4) is 0 Å². The first-order chi connectivity index (χ1) is 7.72. The zero-order chi connectivity index (χ0) is 11.5. The van der Waals surface area contributed by atoms with E-state index < -0.39 is 0 Å². The molecule has 3 nitrogen and oxygen atoms in total. The second kappa shape index (κ2) is 4.82. The third-order valence-corrected chi connectivity index (χ3v) is 2.92. The van der Waals surface area contributed by atoms with Gasteiger partial charge in [0.1, 0.15) is 5.82 Å². The molecule has 0 bridgehead atoms. The highest BCUT2D eigenvalue weighted by Crippen LogP contribution is 2.20. The van der Waals surface area contributed by atoms with Crippen molar-refractivity contribution < 1.29 is 9.18 Å². The van der Waals surface area contributed by atoms with Gasteiger partial charge in [0.2, 0.25) is 0 Å². The first-order valence-electron chi connectivity index (χ1n) is 5.10. The van der Waals surface area contributed by atoms with Crippen LogP contribution in [0, 0.1) is 5.82 Å². The summed E-state index contributed by atoms with van der Waals surface area (Å²) in [5, 5.41) is 0.760. The average Bonchev–Trinajstić information content (AvgIpc) is 2.61. The Morgan fingerprint density at radius 2 is 2.19 bits per heavy atom. The lowest BCUT2D eigenvalue weighted by atomic mass is 10.3. The van der Waals surface area contributed by atoms with Crippen LogP contribution in [-0.4, -0.2) is 35.9 Å². The lowest BCUT2D eigenvalue weighted by molar-refractivity contribution is 0.223. The molecule has 1 fully saturated rings. The maximum absolute atomic E-state index is 13.0. The molecule has 0 N–H and O–H groups in total. The Balaban J connectivity index is 2.15. The molecule has 0 atom stereocenters. The van der Waals surface area contributed by atoms with E-state index >= 15 is 0 Å². The molecule has 1 aromatic rings. The Hall–Kier alpha value is -1.10. The number of hydrogen-bond donors (Lipinski definition) is 0. The van der Waals surface area contributed by atoms with Crippen LogP contribution in [0.1, 0.15) is 0 Å². The van der Waals surface area contributed by atoms with Gasteiger partial charge >= 0.3 is 6.03 Å². The quantitative estimate of drug-likeness (QED) is 0.783. The standard InChI is InChI=1S/C11H12BrFN2O/c12-4-5-14-6-7-15(11(14)16)10-3-1-2-9(13)8-10/h1-3,8H,4-7H2. The van der Waals surface area contributed by atoms with Gasteiger partial charge in [-0.1, -0.05) is 22.0 Å². The number of amides is 2. The van der Waals surface area contributed by atoms with Crippen molar-refractivity contribution in [2.45, 2.75) is 0 Å². The van der Waals surface area contributed by atoms with Crippen molar-refractivity contribution in [1.29, 1.82) is 0 Å². The molecular weight excluding hydrogens is 275 g/mol. The molecule has 5 heteroatoms. The molecule has 1 aromatic carbocycles. The minimum atomic E-state index is -0.316. The van der Waals surface area contributed by atoms with Gasteiger partial charge in [0.25, 0.3) is 0 Å². The van der Waals surface area contributed by atoms with Gasteiger partial charge in [0, 0.05) is 30.7 Å². The van der Waals surface area contributed by atoms with Crippen LogP contribution in [0.25, 0.3) is 0 Å². The maximum atomic E-state index is 13.0. The van der Waals surface area contributed by atoms with E-state index in [9.17, 15) is 9.18 Å². The van der Waals surface area contributed by atoms with Crippen molar-refractivity contribution in [2.24, 2.45) is 0 Å². The zero-order valence-electron chi connectivity index (χ0n) is 8.70. The van der Waals surface area contributed by atoms with Gasteiger partial charge in [-0.3, -0.25) is 4.90 Å². The summed E-state index contributed by atoms with van der Waals surface area (Å²) in [7, 11) is 0. The van der Waals surface area contributed by atoms with E-state index in [2.05, 4.69) is 15.9 Å². The third kappa shape index (κ3) is 2.19. The van der Waals surface area contributed by atoms with E-state index in [1.165, 1.54) is 12.1 Å². The van der Waals surface area contributed by atoms with Crippen LogP contribution < -0.4 is 4.90 Å². The first-order valence-corrected chi connectivity index (χ1v) is 6.22. The average molecular weight is 287 g/mol. The van der Waals surface area contributed by atoms with Crippen LogP contribution >= 0.6 is 15.9 Å². The first kappa shape index (κ1) is 11.4. The van der Waals surface area contributed by atoms with Crippen LogP contribution in [0.2, 0.25) is 0 Å². The second-order valence-corrected chi connectivity index (χ2v) is 4.38. The Kier molecular flexibility index (Phi) is 3.43. The molecule has 1 heterocycles. The Morgan fingerprint density at radius 3 is 2.88 bits per heavy atom. The van der Waals surface area contributed by atoms with Crippen molar-refractivity contribution in [1.82, 2.24) is 4.90 Å². The van der Waals surface area contributed by atoms with E-state index in [1.807, 2.05) is 0 Å². The van der Waals surface area contributed by atoms with Crippen molar-refractivity contribution in [3.63, 3.8) is 0 Å². The van der Waals surface area contributed by atoms with Crippen molar-refractivity contribution in [3.05, 3.63) is 30.1 Å². The molecule has 0 saturated carbocycles. The van der Waals surface area contributed by atoms with Gasteiger partial charge in [-0.05, 0) is 18.2 Å². The Labute approximate surface area is 102 Å². The number of carbonyl (C=O) groups excluding carboxylic acids is 1. The van der Waals surface area contributed by atoms with Gasteiger partial charge in [0.05, 0.1) is 0 Å². The molecule has 0 unspecified atom stereocenters. The van der Waals surface area contributed by atoms with E-state index in [4.69, 9.17) is 0 Å². The summed E-state index contributed by atoms with van der Waals surface area (Å²) < 4.78 is 13.0. The van der Waals surface area contributed by atoms with E-state index in [0.29, 0.717) is 25.3 Å². The monoisotopic (exact) mass is 286 g/mol. The molecular formula is C11H12BrFN2O. The summed E-state index contributed by atoms with van der Waals surface area (Å²) in [4.78, 5) is 15.3. The van der Waals surface area contributed by atoms with Gasteiger partial charge in [-0.25, -0.2) is 9.18 Å². The zero-order valence-corrected chi connectivity index (χ0v) is 10.3. The molecule has 86 valence electrons. The lowest BCUT2D eigenvalue weighted by Gasteiger charge is -2.17. The van der Waals surface area contributed by atoms with E-state index in [-0.39, 0.29) is 11.8 Å². The molecule has 16 heavy (non-hydrogen) atoms. The predicted molar refractivity (Wildman–Crippen MR) is 64.5 cm³/mol. The topological polar surface area (TPSA) is 23.6 Å². The van der Waals surface area contributed by atoms with Gasteiger partial charge in [-0.2, -0.15) is 0 Å². The minimum absolute atomic E-state index is 0.0509. The summed E-state index contributed by atoms with van der Waals surface area (Å²) in [5.74, 6) is -0.316. The number of urea groups is 1. The number of carbonyl (C=O) groups is 1. The number of halogens is 2. The number of rotatable bonds is 3. The smallest absolute Gasteiger partial charge is 0.322 e. The van der Waals surface area contributed by atoms with E-state index in [1.54, 1.807) is 21.9 Å². The second-order valence-electron chi connectivity index (χ2n) is 3.59. The summed E-state index contributed by atoms with van der Waals surface area (Å²) in [6.07, 6.45) is 0. The van der Waals surface area contributed by atoms with Crippen LogP contribution in [-0.2, 0) is 0 Å². The molecule has 1 aliphatic rings. The largest absolute Gasteiger partial charge is 0.324 e. The van der Waals surface area contributed by atoms with Crippen LogP contribution in [0.15, 0.2) is 24.3 Å². The number of alkyl halides is 1. The molecule has 2 amide bonds. The number of hydrogen-bond acceptors (Lipinski definition) is 1.